The lowest BCUT2D eigenvalue weighted by Crippen LogP contribution is -2.37. The van der Waals surface area contributed by atoms with Crippen LogP contribution in [-0.2, 0) is 9.53 Å². The van der Waals surface area contributed by atoms with E-state index in [1.165, 1.54) is 4.90 Å². The minimum absolute atomic E-state index is 0.144. The average molecular weight is 345 g/mol. The number of alkyl halides is 3. The zero-order valence-corrected chi connectivity index (χ0v) is 13.8. The van der Waals surface area contributed by atoms with E-state index in [2.05, 4.69) is 14.6 Å². The molecule has 0 unspecified atom stereocenters. The van der Waals surface area contributed by atoms with E-state index in [9.17, 15) is 18.0 Å². The number of halogens is 3. The molecule has 0 saturated carbocycles. The lowest BCUT2D eigenvalue weighted by molar-refractivity contribution is -0.177. The van der Waals surface area contributed by atoms with Crippen LogP contribution < -0.4 is 0 Å². The fourth-order valence-electron chi connectivity index (χ4n) is 3.11. The van der Waals surface area contributed by atoms with Crippen molar-refractivity contribution in [3.8, 4) is 0 Å². The van der Waals surface area contributed by atoms with Gasteiger partial charge in [0.25, 0.3) is 0 Å². The molecule has 1 amide bonds. The van der Waals surface area contributed by atoms with Gasteiger partial charge in [0.15, 0.2) is 0 Å². The van der Waals surface area contributed by atoms with Crippen LogP contribution in [0.1, 0.15) is 18.0 Å². The van der Waals surface area contributed by atoms with Gasteiger partial charge < -0.3 is 9.64 Å². The van der Waals surface area contributed by atoms with Crippen LogP contribution in [0.25, 0.3) is 0 Å². The summed E-state index contributed by atoms with van der Waals surface area (Å²) >= 11 is 0. The number of carbonyl (C=O) groups excluding carboxylic acids is 1. The number of likely N-dealkylation sites (tertiary alicyclic amines) is 1. The molecule has 0 N–H and O–H groups in total. The second-order valence-corrected chi connectivity index (χ2v) is 6.14. The Hall–Kier alpha value is -1.67. The summed E-state index contributed by atoms with van der Waals surface area (Å²) < 4.78 is 40.6. The molecule has 5 nitrogen and oxygen atoms in total. The third-order valence-electron chi connectivity index (χ3n) is 4.23. The Morgan fingerprint density at radius 2 is 2.25 bits per heavy atom. The highest BCUT2D eigenvalue weighted by Gasteiger charge is 2.34. The maximum atomic E-state index is 12.1. The molecule has 0 radical (unpaired) electrons. The van der Waals surface area contributed by atoms with Crippen molar-refractivity contribution in [2.45, 2.75) is 18.6 Å². The summed E-state index contributed by atoms with van der Waals surface area (Å²) in [6, 6.07) is 4.02. The number of carbonyl (C=O) groups is 1. The number of nitrogens with zero attached hydrogens (tertiary/aromatic N) is 3. The van der Waals surface area contributed by atoms with Crippen molar-refractivity contribution < 1.29 is 22.7 Å². The highest BCUT2D eigenvalue weighted by Crippen LogP contribution is 2.36. The molecule has 1 aromatic heterocycles. The van der Waals surface area contributed by atoms with Crippen LogP contribution in [0.15, 0.2) is 24.5 Å². The number of ether oxygens (including phenoxy) is 1. The van der Waals surface area contributed by atoms with Gasteiger partial charge >= 0.3 is 6.18 Å². The van der Waals surface area contributed by atoms with E-state index in [4.69, 9.17) is 0 Å². The molecule has 2 atom stereocenters. The normalized spacial score (nSPS) is 21.9. The monoisotopic (exact) mass is 345 g/mol. The molecular formula is C16H22F3N3O2. The van der Waals surface area contributed by atoms with Crippen LogP contribution in [0.3, 0.4) is 0 Å². The van der Waals surface area contributed by atoms with Gasteiger partial charge in [-0.25, -0.2) is 0 Å². The fraction of sp³-hybridized carbons (Fsp3) is 0.625. The molecule has 1 aromatic rings. The molecule has 0 spiro atoms. The van der Waals surface area contributed by atoms with E-state index >= 15 is 0 Å². The summed E-state index contributed by atoms with van der Waals surface area (Å²) in [7, 11) is 3.61. The number of rotatable bonds is 6. The molecule has 8 heteroatoms. The van der Waals surface area contributed by atoms with Gasteiger partial charge in [0.05, 0.1) is 0 Å². The van der Waals surface area contributed by atoms with Gasteiger partial charge in [-0.3, -0.25) is 14.7 Å². The minimum atomic E-state index is -4.42. The quantitative estimate of drug-likeness (QED) is 0.792. The van der Waals surface area contributed by atoms with Gasteiger partial charge in [-0.15, -0.1) is 0 Å². The third-order valence-corrected chi connectivity index (χ3v) is 4.23. The highest BCUT2D eigenvalue weighted by atomic mass is 19.4. The van der Waals surface area contributed by atoms with Crippen LogP contribution in [-0.4, -0.2) is 67.3 Å². The lowest BCUT2D eigenvalue weighted by atomic mass is 9.94. The first-order valence-electron chi connectivity index (χ1n) is 7.76. The smallest absolute Gasteiger partial charge is 0.362 e. The molecule has 0 aliphatic carbocycles. The Bertz CT molecular complexity index is 539. The fourth-order valence-corrected chi connectivity index (χ4v) is 3.11. The molecule has 1 fully saturated rings. The van der Waals surface area contributed by atoms with Crippen LogP contribution in [0.4, 0.5) is 13.2 Å². The van der Waals surface area contributed by atoms with Crippen LogP contribution in [0, 0.1) is 5.92 Å². The average Bonchev–Trinajstić information content (AvgIpc) is 2.87. The van der Waals surface area contributed by atoms with Crippen molar-refractivity contribution in [3.63, 3.8) is 0 Å². The topological polar surface area (TPSA) is 45.7 Å². The summed E-state index contributed by atoms with van der Waals surface area (Å²) in [5, 5.41) is 0. The zero-order chi connectivity index (χ0) is 17.7. The number of amides is 1. The predicted octanol–water partition coefficient (Wildman–Crippen LogP) is 2.11. The van der Waals surface area contributed by atoms with E-state index in [0.29, 0.717) is 6.54 Å². The molecule has 134 valence electrons. The Kier molecular flexibility index (Phi) is 6.17. The maximum absolute atomic E-state index is 12.1. The van der Waals surface area contributed by atoms with E-state index in [0.717, 1.165) is 18.5 Å². The van der Waals surface area contributed by atoms with Crippen molar-refractivity contribution in [1.82, 2.24) is 14.8 Å². The Balaban J connectivity index is 1.90. The summed E-state index contributed by atoms with van der Waals surface area (Å²) in [5.41, 5.74) is 1.08. The maximum Gasteiger partial charge on any atom is 0.411 e. The lowest BCUT2D eigenvalue weighted by Gasteiger charge is -2.28. The number of likely N-dealkylation sites (N-methyl/N-ethyl adjacent to an activating group) is 1. The van der Waals surface area contributed by atoms with Gasteiger partial charge in [0.1, 0.15) is 13.2 Å². The molecule has 0 aromatic carbocycles. The molecule has 1 aliphatic heterocycles. The van der Waals surface area contributed by atoms with Crippen LogP contribution in [0.5, 0.6) is 0 Å². The van der Waals surface area contributed by atoms with Crippen molar-refractivity contribution in [3.05, 3.63) is 30.1 Å². The standard InChI is InChI=1S/C16H22F3N3O2/c1-21-7-5-13(15(21)12-4-3-6-20-8-12)9-22(2)14(23)10-24-11-16(17,18)19/h3-4,6,8,13,15H,5,7,9-11H2,1-2H3/t13-,15-/m0/s1. The van der Waals surface area contributed by atoms with Gasteiger partial charge in [-0.05, 0) is 37.6 Å². The SMILES string of the molecule is CN(C[C@@H]1CCN(C)[C@H]1c1cccnc1)C(=O)COCC(F)(F)F. The van der Waals surface area contributed by atoms with Crippen molar-refractivity contribution >= 4 is 5.91 Å². The van der Waals surface area contributed by atoms with Gasteiger partial charge in [-0.1, -0.05) is 6.07 Å². The first-order chi connectivity index (χ1) is 11.3. The van der Waals surface area contributed by atoms with E-state index < -0.39 is 25.3 Å². The molecule has 0 bridgehead atoms. The highest BCUT2D eigenvalue weighted by molar-refractivity contribution is 5.77. The number of hydrogen-bond acceptors (Lipinski definition) is 4. The first kappa shape index (κ1) is 18.7. The van der Waals surface area contributed by atoms with Crippen molar-refractivity contribution in [1.29, 1.82) is 0 Å². The first-order valence-corrected chi connectivity index (χ1v) is 7.76. The Morgan fingerprint density at radius 3 is 2.88 bits per heavy atom. The molecular weight excluding hydrogens is 323 g/mol. The second-order valence-electron chi connectivity index (χ2n) is 6.14. The molecule has 1 saturated heterocycles. The second kappa shape index (κ2) is 7.94. The van der Waals surface area contributed by atoms with Gasteiger partial charge in [-0.2, -0.15) is 13.2 Å². The number of pyridine rings is 1. The van der Waals surface area contributed by atoms with Crippen molar-refractivity contribution in [2.75, 3.05) is 40.4 Å². The zero-order valence-electron chi connectivity index (χ0n) is 13.8. The molecule has 1 aliphatic rings. The molecule has 24 heavy (non-hydrogen) atoms. The summed E-state index contributed by atoms with van der Waals surface area (Å²) in [5.74, 6) is -0.241. The van der Waals surface area contributed by atoms with Gasteiger partial charge in [0.2, 0.25) is 5.91 Å². The predicted molar refractivity (Wildman–Crippen MR) is 82.2 cm³/mol. The molecule has 2 heterocycles. The minimum Gasteiger partial charge on any atom is -0.362 e. The summed E-state index contributed by atoms with van der Waals surface area (Å²) in [6.07, 6.45) is 0.0182. The number of aromatic nitrogens is 1. The van der Waals surface area contributed by atoms with E-state index in [1.807, 2.05) is 25.4 Å². The van der Waals surface area contributed by atoms with Crippen molar-refractivity contribution in [2.24, 2.45) is 5.92 Å². The Labute approximate surface area is 139 Å². The van der Waals surface area contributed by atoms with Crippen LogP contribution in [0.2, 0.25) is 0 Å². The number of hydrogen-bond donors (Lipinski definition) is 0. The summed E-state index contributed by atoms with van der Waals surface area (Å²) in [6.45, 7) is -0.595. The molecule has 2 rings (SSSR count). The van der Waals surface area contributed by atoms with E-state index in [-0.39, 0.29) is 12.0 Å². The largest absolute Gasteiger partial charge is 0.411 e. The van der Waals surface area contributed by atoms with Crippen LogP contribution >= 0.6 is 0 Å². The van der Waals surface area contributed by atoms with E-state index in [1.54, 1.807) is 13.2 Å². The third kappa shape index (κ3) is 5.17. The summed E-state index contributed by atoms with van der Waals surface area (Å²) in [4.78, 5) is 19.7. The van der Waals surface area contributed by atoms with Gasteiger partial charge in [0, 0.05) is 32.0 Å². The Morgan fingerprint density at radius 1 is 1.50 bits per heavy atom.